The normalized spacial score (nSPS) is 21.9. The number of β-amino-alcohol motifs (C(OH)–C–C–N with tert-alkyl or cyclic N) is 1. The number of likely N-dealkylation sites (tertiary alicyclic amines) is 1. The molecule has 2 unspecified atom stereocenters. The predicted octanol–water partition coefficient (Wildman–Crippen LogP) is 6.32. The van der Waals surface area contributed by atoms with Gasteiger partial charge >= 0.3 is 0 Å². The maximum Gasteiger partial charge on any atom is 0.253 e. The van der Waals surface area contributed by atoms with Gasteiger partial charge in [0.15, 0.2) is 0 Å². The molecule has 1 saturated carbocycles. The van der Waals surface area contributed by atoms with Gasteiger partial charge in [-0.05, 0) is 80.0 Å². The highest BCUT2D eigenvalue weighted by Crippen LogP contribution is 2.55. The number of benzene rings is 2. The number of ether oxygens (including phenoxy) is 2. The molecule has 2 saturated heterocycles. The van der Waals surface area contributed by atoms with Gasteiger partial charge in [0.05, 0.1) is 34.9 Å². The number of halogens is 1. The van der Waals surface area contributed by atoms with Crippen LogP contribution >= 0.6 is 11.6 Å². The van der Waals surface area contributed by atoms with Crippen molar-refractivity contribution in [1.82, 2.24) is 35.4 Å². The first-order chi connectivity index (χ1) is 32.6. The van der Waals surface area contributed by atoms with E-state index in [1.165, 1.54) is 4.90 Å². The van der Waals surface area contributed by atoms with E-state index in [2.05, 4.69) is 64.6 Å². The molecule has 2 aromatic heterocycles. The van der Waals surface area contributed by atoms with E-state index in [0.29, 0.717) is 28.5 Å². The molecule has 1 aliphatic carbocycles. The van der Waals surface area contributed by atoms with Gasteiger partial charge in [-0.15, -0.1) is 0 Å². The van der Waals surface area contributed by atoms with Crippen LogP contribution < -0.4 is 25.6 Å². The number of hydrogen-bond acceptors (Lipinski definition) is 11. The summed E-state index contributed by atoms with van der Waals surface area (Å²) in [4.78, 5) is 67.2. The summed E-state index contributed by atoms with van der Waals surface area (Å²) in [5.41, 5.74) is 1.15. The summed E-state index contributed by atoms with van der Waals surface area (Å²) >= 11 is 6.25. The fourth-order valence-electron chi connectivity index (χ4n) is 10.5. The molecule has 16 nitrogen and oxygen atoms in total. The van der Waals surface area contributed by atoms with Crippen molar-refractivity contribution in [1.29, 1.82) is 5.26 Å². The molecular weight excluding hydrogens is 898 g/mol. The van der Waals surface area contributed by atoms with Gasteiger partial charge in [0, 0.05) is 73.3 Å². The van der Waals surface area contributed by atoms with Gasteiger partial charge in [0.25, 0.3) is 5.91 Å². The number of aromatic nitrogens is 3. The summed E-state index contributed by atoms with van der Waals surface area (Å²) in [5.74, 6) is 0.939. The predicted molar refractivity (Wildman–Crippen MR) is 262 cm³/mol. The Kier molecular flexibility index (Phi) is 15.1. The highest BCUT2D eigenvalue weighted by atomic mass is 35.5. The Bertz CT molecular complexity index is 2530. The Morgan fingerprint density at radius 3 is 2.28 bits per heavy atom. The van der Waals surface area contributed by atoms with Crippen molar-refractivity contribution in [3.8, 4) is 17.5 Å². The number of nitriles is 1. The molecule has 4 atom stereocenters. The van der Waals surface area contributed by atoms with Crippen LogP contribution in [0.4, 0.5) is 5.82 Å². The van der Waals surface area contributed by atoms with Crippen molar-refractivity contribution in [2.24, 2.45) is 22.2 Å². The number of rotatable bonds is 15. The monoisotopic (exact) mass is 963 g/mol. The van der Waals surface area contributed by atoms with Gasteiger partial charge in [0.1, 0.15) is 48.3 Å². The Balaban J connectivity index is 0.850. The molecule has 4 aromatic rings. The molecule has 0 bridgehead atoms. The van der Waals surface area contributed by atoms with Crippen LogP contribution in [0.25, 0.3) is 5.69 Å². The third kappa shape index (κ3) is 11.2. The van der Waals surface area contributed by atoms with Gasteiger partial charge in [-0.2, -0.15) is 5.26 Å². The van der Waals surface area contributed by atoms with Crippen molar-refractivity contribution >= 4 is 41.0 Å². The molecule has 368 valence electrons. The molecule has 4 N–H and O–H groups in total. The second-order valence-electron chi connectivity index (χ2n) is 21.1. The highest BCUT2D eigenvalue weighted by Gasteiger charge is 2.64. The van der Waals surface area contributed by atoms with Crippen molar-refractivity contribution < 1.29 is 33.8 Å². The molecule has 4 heterocycles. The van der Waals surface area contributed by atoms with Crippen LogP contribution in [0.5, 0.6) is 5.75 Å². The third-order valence-corrected chi connectivity index (χ3v) is 14.4. The Hall–Kier alpha value is -6.02. The number of pyridine rings is 1. The number of imidazole rings is 1. The Morgan fingerprint density at radius 2 is 1.68 bits per heavy atom. The number of amides is 4. The Labute approximate surface area is 410 Å². The number of hydrogen-bond donors (Lipinski definition) is 4. The van der Waals surface area contributed by atoms with Crippen molar-refractivity contribution in [3.05, 3.63) is 101 Å². The first-order valence-corrected chi connectivity index (χ1v) is 24.1. The van der Waals surface area contributed by atoms with E-state index in [1.807, 2.05) is 75.7 Å². The average Bonchev–Trinajstić information content (AvgIpc) is 3.93. The number of aliphatic hydroxyl groups excluding tert-OH is 1. The highest BCUT2D eigenvalue weighted by molar-refractivity contribution is 6.31. The molecule has 4 amide bonds. The maximum atomic E-state index is 14.2. The second-order valence-corrected chi connectivity index (χ2v) is 21.5. The topological polar surface area (TPSA) is 204 Å². The number of carbonyl (C=O) groups is 4. The molecule has 0 radical (unpaired) electrons. The molecule has 7 rings (SSSR count). The number of nitrogens with one attached hydrogen (secondary N) is 3. The fraction of sp³-hybridized carbons (Fsp3) is 0.519. The van der Waals surface area contributed by atoms with E-state index in [1.54, 1.807) is 36.7 Å². The lowest BCUT2D eigenvalue weighted by molar-refractivity contribution is -0.164. The van der Waals surface area contributed by atoms with Crippen LogP contribution in [0.15, 0.2) is 73.2 Å². The van der Waals surface area contributed by atoms with Crippen molar-refractivity contribution in [3.63, 3.8) is 0 Å². The van der Waals surface area contributed by atoms with E-state index in [-0.39, 0.29) is 55.5 Å². The van der Waals surface area contributed by atoms with Crippen molar-refractivity contribution in [2.45, 2.75) is 118 Å². The lowest BCUT2D eigenvalue weighted by atomic mass is 9.49. The number of anilines is 1. The number of piperidine rings is 1. The van der Waals surface area contributed by atoms with E-state index in [0.717, 1.165) is 48.8 Å². The molecule has 3 aliphatic rings. The van der Waals surface area contributed by atoms with Gasteiger partial charge in [-0.3, -0.25) is 19.2 Å². The average molecular weight is 965 g/mol. The van der Waals surface area contributed by atoms with Crippen LogP contribution in [-0.2, 0) is 19.1 Å². The van der Waals surface area contributed by atoms with E-state index >= 15 is 0 Å². The van der Waals surface area contributed by atoms with Gasteiger partial charge in [0.2, 0.25) is 17.7 Å². The largest absolute Gasteiger partial charge is 0.489 e. The van der Waals surface area contributed by atoms with Gasteiger partial charge in [-0.25, -0.2) is 9.97 Å². The zero-order chi connectivity index (χ0) is 50.0. The first kappa shape index (κ1) is 50.8. The van der Waals surface area contributed by atoms with Crippen LogP contribution in [0.3, 0.4) is 0 Å². The molecule has 2 aromatic carbocycles. The lowest BCUT2D eigenvalue weighted by Gasteiger charge is -2.63. The van der Waals surface area contributed by atoms with E-state index < -0.39 is 46.2 Å². The number of aryl methyl sites for hydroxylation is 1. The van der Waals surface area contributed by atoms with Gasteiger partial charge in [-0.1, -0.05) is 72.2 Å². The third-order valence-electron chi connectivity index (χ3n) is 14.1. The first-order valence-electron chi connectivity index (χ1n) is 23.7. The zero-order valence-electron chi connectivity index (χ0n) is 41.1. The molecule has 0 spiro atoms. The lowest BCUT2D eigenvalue weighted by Crippen LogP contribution is -2.74. The summed E-state index contributed by atoms with van der Waals surface area (Å²) in [6.07, 6.45) is 5.83. The number of nitrogens with zero attached hydrogens (tertiary/aromatic N) is 6. The molecular formula is C52H66ClN9O7. The summed E-state index contributed by atoms with van der Waals surface area (Å²) in [7, 11) is 0. The molecule has 69 heavy (non-hydrogen) atoms. The molecule has 17 heteroatoms. The zero-order valence-corrected chi connectivity index (χ0v) is 41.8. The van der Waals surface area contributed by atoms with Crippen LogP contribution in [0, 0.1) is 40.4 Å². The van der Waals surface area contributed by atoms with Crippen LogP contribution in [-0.4, -0.2) is 111 Å². The van der Waals surface area contributed by atoms with Crippen molar-refractivity contribution in [2.75, 3.05) is 37.7 Å². The standard InChI is InChI=1S/C52H66ClN9O7/c1-31(34-10-14-37(15-11-34)61-23-20-55-32(61)2)57-46(66)41-24-38(63)28-62(41)47(67)44(50(3,4)5)58-43(64)30-68-29-33-18-21-60(22-19-33)42-17-13-36(27-56-42)45(65)59-48-51(6,7)49(52(48,8)9)69-39-16-12-35(26-54)40(53)25-39/h10-17,20,23,25,27,31,33,38,41,44,48-49,63H,18-19,21-22,24,28-30H2,1-9H3,(H,57,66)(H,58,64)(H,59,65)/t31-,38+,41?,44?,48?,49?/m0/s1. The molecule has 2 aliphatic heterocycles. The van der Waals surface area contributed by atoms with Crippen LogP contribution in [0.2, 0.25) is 5.02 Å². The Morgan fingerprint density at radius 1 is 0.986 bits per heavy atom. The summed E-state index contributed by atoms with van der Waals surface area (Å²) in [6.45, 7) is 19.1. The fourth-order valence-corrected chi connectivity index (χ4v) is 10.7. The van der Waals surface area contributed by atoms with Crippen LogP contribution in [0.1, 0.15) is 108 Å². The summed E-state index contributed by atoms with van der Waals surface area (Å²) in [6, 6.07) is 16.1. The smallest absolute Gasteiger partial charge is 0.253 e. The molecule has 3 fully saturated rings. The summed E-state index contributed by atoms with van der Waals surface area (Å²) in [5, 5.41) is 29.4. The second kappa shape index (κ2) is 20.5. The minimum absolute atomic E-state index is 0.0224. The van der Waals surface area contributed by atoms with Gasteiger partial charge < -0.3 is 44.9 Å². The van der Waals surface area contributed by atoms with E-state index in [4.69, 9.17) is 21.1 Å². The van der Waals surface area contributed by atoms with E-state index in [9.17, 15) is 29.5 Å². The minimum atomic E-state index is -0.968. The number of aliphatic hydroxyl groups is 1. The number of carbonyl (C=O) groups excluding carboxylic acids is 4. The quantitative estimate of drug-likeness (QED) is 0.104. The maximum absolute atomic E-state index is 14.2. The summed E-state index contributed by atoms with van der Waals surface area (Å²) < 4.78 is 14.2. The minimum Gasteiger partial charge on any atom is -0.489 e. The SMILES string of the molecule is Cc1nccn1-c1ccc([C@H](C)NC(=O)C2C[C@@H](O)CN2C(=O)C(NC(=O)COCC2CCN(c3ccc(C(=O)NC4C(C)(C)C(Oc5ccc(C#N)c(Cl)c5)C4(C)C)cn3)CC2)C(C)(C)C)cc1.